The van der Waals surface area contributed by atoms with Crippen LogP contribution in [0, 0.1) is 11.7 Å². The van der Waals surface area contributed by atoms with E-state index >= 15 is 0 Å². The first-order valence-corrected chi connectivity index (χ1v) is 6.96. The van der Waals surface area contributed by atoms with Gasteiger partial charge < -0.3 is 10.1 Å². The van der Waals surface area contributed by atoms with Crippen molar-refractivity contribution in [1.82, 2.24) is 15.1 Å². The largest absolute Gasteiger partial charge is 0.454 e. The minimum Gasteiger partial charge on any atom is -0.454 e. The summed E-state index contributed by atoms with van der Waals surface area (Å²) in [6.45, 7) is 3.07. The Balaban J connectivity index is 1.60. The summed E-state index contributed by atoms with van der Waals surface area (Å²) >= 11 is 0. The van der Waals surface area contributed by atoms with E-state index in [1.165, 1.54) is 25.0 Å². The van der Waals surface area contributed by atoms with Crippen molar-refractivity contribution in [3.05, 3.63) is 42.5 Å². The van der Waals surface area contributed by atoms with Crippen LogP contribution in [0.15, 0.2) is 36.7 Å². The van der Waals surface area contributed by atoms with E-state index in [0.717, 1.165) is 19.6 Å². The predicted molar refractivity (Wildman–Crippen MR) is 74.3 cm³/mol. The molecular weight excluding hydrogens is 257 g/mol. The molecule has 0 spiro atoms. The highest BCUT2D eigenvalue weighted by Crippen LogP contribution is 2.21. The van der Waals surface area contributed by atoms with Gasteiger partial charge in [0.1, 0.15) is 11.6 Å². The fraction of sp³-hybridized carbons (Fsp3) is 0.400. The standard InChI is InChI=1S/C15H18FN3O/c16-13-3-5-14(6-4-13)20-15-9-18-19(11-15)10-12-2-1-7-17-8-12/h3-6,9,11-12,17H,1-2,7-8,10H2. The summed E-state index contributed by atoms with van der Waals surface area (Å²) in [6, 6.07) is 5.98. The number of ether oxygens (including phenoxy) is 1. The first-order chi connectivity index (χ1) is 9.79. The summed E-state index contributed by atoms with van der Waals surface area (Å²) in [7, 11) is 0. The zero-order valence-electron chi connectivity index (χ0n) is 11.3. The van der Waals surface area contributed by atoms with Gasteiger partial charge in [0, 0.05) is 6.54 Å². The van der Waals surface area contributed by atoms with E-state index in [2.05, 4.69) is 10.4 Å². The van der Waals surface area contributed by atoms with Crippen molar-refractivity contribution in [1.29, 1.82) is 0 Å². The molecule has 0 saturated carbocycles. The molecule has 1 fully saturated rings. The van der Waals surface area contributed by atoms with E-state index in [0.29, 0.717) is 17.4 Å². The monoisotopic (exact) mass is 275 g/mol. The second kappa shape index (κ2) is 6.05. The molecule has 5 heteroatoms. The van der Waals surface area contributed by atoms with Gasteiger partial charge in [0.05, 0.1) is 12.4 Å². The average Bonchev–Trinajstić information content (AvgIpc) is 2.90. The summed E-state index contributed by atoms with van der Waals surface area (Å²) in [5.41, 5.74) is 0. The zero-order valence-corrected chi connectivity index (χ0v) is 11.3. The Bertz CT molecular complexity index is 547. The second-order valence-corrected chi connectivity index (χ2v) is 5.17. The minimum absolute atomic E-state index is 0.266. The van der Waals surface area contributed by atoms with Gasteiger partial charge in [-0.05, 0) is 56.1 Å². The van der Waals surface area contributed by atoms with Crippen LogP contribution in [0.25, 0.3) is 0 Å². The van der Waals surface area contributed by atoms with Crippen LogP contribution in [0.5, 0.6) is 11.5 Å². The number of hydrogen-bond donors (Lipinski definition) is 1. The number of aromatic nitrogens is 2. The van der Waals surface area contributed by atoms with Crippen LogP contribution in [-0.2, 0) is 6.54 Å². The van der Waals surface area contributed by atoms with Crippen LogP contribution in [0.4, 0.5) is 4.39 Å². The normalized spacial score (nSPS) is 18.9. The Kier molecular flexibility index (Phi) is 3.97. The third-order valence-corrected chi connectivity index (χ3v) is 3.50. The SMILES string of the molecule is Fc1ccc(Oc2cnn(CC3CCCNC3)c2)cc1. The maximum atomic E-state index is 12.8. The molecule has 20 heavy (non-hydrogen) atoms. The molecule has 0 radical (unpaired) electrons. The number of nitrogens with zero attached hydrogens (tertiary/aromatic N) is 2. The topological polar surface area (TPSA) is 39.1 Å². The lowest BCUT2D eigenvalue weighted by molar-refractivity contribution is 0.325. The van der Waals surface area contributed by atoms with Crippen molar-refractivity contribution in [2.45, 2.75) is 19.4 Å². The number of benzene rings is 1. The minimum atomic E-state index is -0.266. The highest BCUT2D eigenvalue weighted by atomic mass is 19.1. The number of nitrogens with one attached hydrogen (secondary N) is 1. The molecule has 4 nitrogen and oxygen atoms in total. The lowest BCUT2D eigenvalue weighted by Gasteiger charge is -2.22. The van der Waals surface area contributed by atoms with Crippen LogP contribution in [-0.4, -0.2) is 22.9 Å². The van der Waals surface area contributed by atoms with Crippen molar-refractivity contribution in [2.75, 3.05) is 13.1 Å². The molecule has 3 rings (SSSR count). The summed E-state index contributed by atoms with van der Waals surface area (Å²) in [5.74, 6) is 1.66. The fourth-order valence-corrected chi connectivity index (χ4v) is 2.48. The highest BCUT2D eigenvalue weighted by molar-refractivity contribution is 5.28. The van der Waals surface area contributed by atoms with E-state index in [-0.39, 0.29) is 5.82 Å². The van der Waals surface area contributed by atoms with Gasteiger partial charge in [0.25, 0.3) is 0 Å². The molecule has 1 unspecified atom stereocenters. The summed E-state index contributed by atoms with van der Waals surface area (Å²) in [5, 5.41) is 7.71. The molecule has 1 atom stereocenters. The van der Waals surface area contributed by atoms with Crippen LogP contribution in [0.3, 0.4) is 0 Å². The van der Waals surface area contributed by atoms with Gasteiger partial charge in [-0.15, -0.1) is 0 Å². The maximum absolute atomic E-state index is 12.8. The molecule has 106 valence electrons. The van der Waals surface area contributed by atoms with Crippen LogP contribution >= 0.6 is 0 Å². The van der Waals surface area contributed by atoms with Crippen LogP contribution < -0.4 is 10.1 Å². The van der Waals surface area contributed by atoms with Crippen LogP contribution in [0.2, 0.25) is 0 Å². The first-order valence-electron chi connectivity index (χ1n) is 6.96. The third-order valence-electron chi connectivity index (χ3n) is 3.50. The van der Waals surface area contributed by atoms with Gasteiger partial charge >= 0.3 is 0 Å². The smallest absolute Gasteiger partial charge is 0.165 e. The van der Waals surface area contributed by atoms with Crippen molar-refractivity contribution < 1.29 is 9.13 Å². The first kappa shape index (κ1) is 13.1. The van der Waals surface area contributed by atoms with E-state index in [1.807, 2.05) is 10.9 Å². The second-order valence-electron chi connectivity index (χ2n) is 5.17. The van der Waals surface area contributed by atoms with Gasteiger partial charge in [-0.3, -0.25) is 4.68 Å². The van der Waals surface area contributed by atoms with Crippen LogP contribution in [0.1, 0.15) is 12.8 Å². The molecule has 1 aliphatic heterocycles. The fourth-order valence-electron chi connectivity index (χ4n) is 2.48. The molecule has 2 aromatic rings. The van der Waals surface area contributed by atoms with E-state index < -0.39 is 0 Å². The lowest BCUT2D eigenvalue weighted by atomic mass is 10.00. The highest BCUT2D eigenvalue weighted by Gasteiger charge is 2.14. The quantitative estimate of drug-likeness (QED) is 0.932. The average molecular weight is 275 g/mol. The van der Waals surface area contributed by atoms with Gasteiger partial charge in [0.15, 0.2) is 5.75 Å². The van der Waals surface area contributed by atoms with E-state index in [4.69, 9.17) is 4.74 Å². The summed E-state index contributed by atoms with van der Waals surface area (Å²) in [6.07, 6.45) is 6.05. The molecule has 0 aliphatic carbocycles. The molecule has 2 heterocycles. The predicted octanol–water partition coefficient (Wildman–Crippen LogP) is 2.81. The molecule has 1 aromatic heterocycles. The summed E-state index contributed by atoms with van der Waals surface area (Å²) < 4.78 is 20.4. The van der Waals surface area contributed by atoms with Crippen molar-refractivity contribution >= 4 is 0 Å². The van der Waals surface area contributed by atoms with Crippen molar-refractivity contribution in [3.63, 3.8) is 0 Å². The van der Waals surface area contributed by atoms with E-state index in [1.54, 1.807) is 18.3 Å². The van der Waals surface area contributed by atoms with Crippen molar-refractivity contribution in [2.24, 2.45) is 5.92 Å². The molecule has 1 aliphatic rings. The van der Waals surface area contributed by atoms with Gasteiger partial charge in [-0.25, -0.2) is 4.39 Å². The Morgan fingerprint density at radius 2 is 2.15 bits per heavy atom. The Hall–Kier alpha value is -1.88. The number of rotatable bonds is 4. The molecular formula is C15H18FN3O. The molecule has 1 N–H and O–H groups in total. The zero-order chi connectivity index (χ0) is 13.8. The number of hydrogen-bond acceptors (Lipinski definition) is 3. The number of piperidine rings is 1. The van der Waals surface area contributed by atoms with Crippen molar-refractivity contribution in [3.8, 4) is 11.5 Å². The molecule has 1 saturated heterocycles. The Morgan fingerprint density at radius 3 is 2.90 bits per heavy atom. The molecule has 1 aromatic carbocycles. The third kappa shape index (κ3) is 3.36. The Labute approximate surface area is 117 Å². The Morgan fingerprint density at radius 1 is 1.30 bits per heavy atom. The summed E-state index contributed by atoms with van der Waals surface area (Å²) in [4.78, 5) is 0. The van der Waals surface area contributed by atoms with Gasteiger partial charge in [-0.1, -0.05) is 0 Å². The number of halogens is 1. The molecule has 0 bridgehead atoms. The lowest BCUT2D eigenvalue weighted by Crippen LogP contribution is -2.32. The van der Waals surface area contributed by atoms with Gasteiger partial charge in [-0.2, -0.15) is 5.10 Å². The molecule has 0 amide bonds. The maximum Gasteiger partial charge on any atom is 0.165 e. The van der Waals surface area contributed by atoms with Gasteiger partial charge in [0.2, 0.25) is 0 Å². The van der Waals surface area contributed by atoms with E-state index in [9.17, 15) is 4.39 Å².